The van der Waals surface area contributed by atoms with Crippen molar-refractivity contribution in [2.24, 2.45) is 0 Å². The van der Waals surface area contributed by atoms with Crippen LogP contribution in [0.4, 0.5) is 0 Å². The van der Waals surface area contributed by atoms with Crippen LogP contribution >= 0.6 is 15.9 Å². The fourth-order valence-corrected chi connectivity index (χ4v) is 1.49. The molecule has 1 nitrogen and oxygen atoms in total. The average Bonchev–Trinajstić information content (AvgIpc) is 2.20. The topological polar surface area (TPSA) is 17.1 Å². The standard InChI is InChI=1S/C12H13BrO/c1-10-5-6-11(4-2-3-7-13)12(8-10)9-14/h2,4-6,8-9H,3,7H2,1H3. The van der Waals surface area contributed by atoms with Crippen molar-refractivity contribution < 1.29 is 4.79 Å². The highest BCUT2D eigenvalue weighted by atomic mass is 79.9. The van der Waals surface area contributed by atoms with Gasteiger partial charge in [0.1, 0.15) is 0 Å². The average molecular weight is 253 g/mol. The largest absolute Gasteiger partial charge is 0.298 e. The third-order valence-corrected chi connectivity index (χ3v) is 2.40. The van der Waals surface area contributed by atoms with Gasteiger partial charge in [-0.3, -0.25) is 4.79 Å². The Bertz CT molecular complexity index is 342. The number of hydrogen-bond acceptors (Lipinski definition) is 1. The van der Waals surface area contributed by atoms with Crippen molar-refractivity contribution in [3.63, 3.8) is 0 Å². The highest BCUT2D eigenvalue weighted by molar-refractivity contribution is 9.09. The molecule has 0 aliphatic rings. The normalized spacial score (nSPS) is 10.7. The van der Waals surface area contributed by atoms with E-state index in [1.165, 1.54) is 0 Å². The molecule has 0 aromatic heterocycles. The lowest BCUT2D eigenvalue weighted by molar-refractivity contribution is 0.112. The lowest BCUT2D eigenvalue weighted by Gasteiger charge is -2.00. The van der Waals surface area contributed by atoms with E-state index in [9.17, 15) is 4.79 Å². The Labute approximate surface area is 93.0 Å². The maximum Gasteiger partial charge on any atom is 0.150 e. The first-order valence-electron chi connectivity index (χ1n) is 4.56. The van der Waals surface area contributed by atoms with Gasteiger partial charge in [-0.2, -0.15) is 0 Å². The van der Waals surface area contributed by atoms with Crippen molar-refractivity contribution in [2.45, 2.75) is 13.3 Å². The summed E-state index contributed by atoms with van der Waals surface area (Å²) in [5.74, 6) is 0. The molecule has 0 saturated carbocycles. The van der Waals surface area contributed by atoms with Crippen molar-refractivity contribution in [3.8, 4) is 0 Å². The molecule has 0 atom stereocenters. The zero-order valence-electron chi connectivity index (χ0n) is 8.16. The molecule has 0 bridgehead atoms. The number of alkyl halides is 1. The first kappa shape index (κ1) is 11.2. The minimum absolute atomic E-state index is 0.760. The van der Waals surface area contributed by atoms with E-state index in [1.807, 2.05) is 31.2 Å². The molecule has 0 amide bonds. The van der Waals surface area contributed by atoms with Crippen LogP contribution in [0.3, 0.4) is 0 Å². The number of rotatable bonds is 4. The van der Waals surface area contributed by atoms with Gasteiger partial charge in [0, 0.05) is 10.9 Å². The van der Waals surface area contributed by atoms with Crippen LogP contribution in [-0.4, -0.2) is 11.6 Å². The summed E-state index contributed by atoms with van der Waals surface area (Å²) < 4.78 is 0. The van der Waals surface area contributed by atoms with E-state index in [-0.39, 0.29) is 0 Å². The van der Waals surface area contributed by atoms with Crippen LogP contribution in [0.2, 0.25) is 0 Å². The molecule has 0 aliphatic carbocycles. The van der Waals surface area contributed by atoms with Crippen molar-refractivity contribution in [1.82, 2.24) is 0 Å². The number of allylic oxidation sites excluding steroid dienone is 1. The highest BCUT2D eigenvalue weighted by Gasteiger charge is 1.97. The minimum Gasteiger partial charge on any atom is -0.298 e. The zero-order valence-corrected chi connectivity index (χ0v) is 9.75. The fourth-order valence-electron chi connectivity index (χ4n) is 1.22. The lowest BCUT2D eigenvalue weighted by Crippen LogP contribution is -1.87. The van der Waals surface area contributed by atoms with Gasteiger partial charge in [0.25, 0.3) is 0 Å². The molecule has 74 valence electrons. The number of hydrogen-bond donors (Lipinski definition) is 0. The molecule has 2 heteroatoms. The van der Waals surface area contributed by atoms with Crippen LogP contribution in [0.5, 0.6) is 0 Å². The first-order chi connectivity index (χ1) is 6.77. The number of benzene rings is 1. The van der Waals surface area contributed by atoms with Crippen LogP contribution in [0, 0.1) is 6.92 Å². The maximum absolute atomic E-state index is 10.8. The second-order valence-electron chi connectivity index (χ2n) is 3.13. The summed E-state index contributed by atoms with van der Waals surface area (Å²) in [5, 5.41) is 0.950. The molecule has 0 radical (unpaired) electrons. The summed E-state index contributed by atoms with van der Waals surface area (Å²) in [6.45, 7) is 1.99. The Morgan fingerprint density at radius 2 is 2.14 bits per heavy atom. The fraction of sp³-hybridized carbons (Fsp3) is 0.250. The number of halogens is 1. The van der Waals surface area contributed by atoms with Crippen LogP contribution in [-0.2, 0) is 0 Å². The van der Waals surface area contributed by atoms with Gasteiger partial charge in [0.05, 0.1) is 0 Å². The Kier molecular flexibility index (Phi) is 4.60. The van der Waals surface area contributed by atoms with E-state index in [0.29, 0.717) is 0 Å². The molecule has 0 saturated heterocycles. The van der Waals surface area contributed by atoms with E-state index in [2.05, 4.69) is 22.0 Å². The molecule has 0 unspecified atom stereocenters. The Morgan fingerprint density at radius 3 is 2.79 bits per heavy atom. The molecule has 0 N–H and O–H groups in total. The highest BCUT2D eigenvalue weighted by Crippen LogP contribution is 2.11. The van der Waals surface area contributed by atoms with Gasteiger partial charge in [0.2, 0.25) is 0 Å². The quantitative estimate of drug-likeness (QED) is 0.591. The third-order valence-electron chi connectivity index (χ3n) is 1.94. The Hall–Kier alpha value is -0.890. The zero-order chi connectivity index (χ0) is 10.4. The minimum atomic E-state index is 0.760. The van der Waals surface area contributed by atoms with Crippen LogP contribution in [0.25, 0.3) is 6.08 Å². The first-order valence-corrected chi connectivity index (χ1v) is 5.68. The monoisotopic (exact) mass is 252 g/mol. The van der Waals surface area contributed by atoms with Crippen LogP contribution in [0.1, 0.15) is 27.9 Å². The van der Waals surface area contributed by atoms with Gasteiger partial charge in [-0.05, 0) is 25.0 Å². The van der Waals surface area contributed by atoms with E-state index in [1.54, 1.807) is 0 Å². The molecular weight excluding hydrogens is 240 g/mol. The summed E-state index contributed by atoms with van der Waals surface area (Å²) in [7, 11) is 0. The van der Waals surface area contributed by atoms with Crippen molar-refractivity contribution in [2.75, 3.05) is 5.33 Å². The molecule has 0 aliphatic heterocycles. The van der Waals surface area contributed by atoms with E-state index in [4.69, 9.17) is 0 Å². The Morgan fingerprint density at radius 1 is 1.36 bits per heavy atom. The van der Waals surface area contributed by atoms with E-state index in [0.717, 1.165) is 34.7 Å². The SMILES string of the molecule is Cc1ccc(C=CCCBr)c(C=O)c1. The summed E-state index contributed by atoms with van der Waals surface area (Å²) >= 11 is 3.35. The van der Waals surface area contributed by atoms with Crippen LogP contribution in [0.15, 0.2) is 24.3 Å². The van der Waals surface area contributed by atoms with Gasteiger partial charge < -0.3 is 0 Å². The maximum atomic E-state index is 10.8. The second kappa shape index (κ2) is 5.76. The van der Waals surface area contributed by atoms with Gasteiger partial charge in [-0.1, -0.05) is 45.8 Å². The number of carbonyl (C=O) groups excluding carboxylic acids is 1. The molecule has 0 heterocycles. The molecule has 14 heavy (non-hydrogen) atoms. The summed E-state index contributed by atoms with van der Waals surface area (Å²) in [4.78, 5) is 10.8. The number of aryl methyl sites for hydroxylation is 1. The van der Waals surface area contributed by atoms with Crippen molar-refractivity contribution in [1.29, 1.82) is 0 Å². The summed E-state index contributed by atoms with van der Waals surface area (Å²) in [6.07, 6.45) is 5.93. The third kappa shape index (κ3) is 3.11. The lowest BCUT2D eigenvalue weighted by atomic mass is 10.0. The summed E-state index contributed by atoms with van der Waals surface area (Å²) in [5.41, 5.74) is 2.87. The van der Waals surface area contributed by atoms with Gasteiger partial charge in [0.15, 0.2) is 6.29 Å². The smallest absolute Gasteiger partial charge is 0.150 e. The van der Waals surface area contributed by atoms with E-state index >= 15 is 0 Å². The predicted octanol–water partition coefficient (Wildman–Crippen LogP) is 3.61. The predicted molar refractivity (Wildman–Crippen MR) is 64.0 cm³/mol. The van der Waals surface area contributed by atoms with Crippen molar-refractivity contribution >= 4 is 28.3 Å². The van der Waals surface area contributed by atoms with Crippen LogP contribution < -0.4 is 0 Å². The molecule has 1 aromatic carbocycles. The molecule has 0 spiro atoms. The van der Waals surface area contributed by atoms with E-state index < -0.39 is 0 Å². The molecular formula is C12H13BrO. The van der Waals surface area contributed by atoms with Gasteiger partial charge in [-0.15, -0.1) is 0 Å². The van der Waals surface area contributed by atoms with Gasteiger partial charge in [-0.25, -0.2) is 0 Å². The number of aldehydes is 1. The molecule has 1 rings (SSSR count). The number of carbonyl (C=O) groups is 1. The summed E-state index contributed by atoms with van der Waals surface area (Å²) in [6, 6.07) is 5.89. The molecule has 0 fully saturated rings. The Balaban J connectivity index is 2.90. The second-order valence-corrected chi connectivity index (χ2v) is 3.92. The van der Waals surface area contributed by atoms with Crippen molar-refractivity contribution in [3.05, 3.63) is 41.0 Å². The van der Waals surface area contributed by atoms with Gasteiger partial charge >= 0.3 is 0 Å². The molecule has 1 aromatic rings.